The van der Waals surface area contributed by atoms with Crippen LogP contribution >= 0.6 is 0 Å². The summed E-state index contributed by atoms with van der Waals surface area (Å²) < 4.78 is 11.3. The first-order valence-electron chi connectivity index (χ1n) is 9.41. The number of carbonyl (C=O) groups is 1. The van der Waals surface area contributed by atoms with Gasteiger partial charge in [-0.2, -0.15) is 5.10 Å². The Morgan fingerprint density at radius 3 is 2.24 bits per heavy atom. The molecular weight excluding hydrogens is 364 g/mol. The molecule has 0 aromatic heterocycles. The second-order valence-corrected chi connectivity index (χ2v) is 6.83. The first-order chi connectivity index (χ1) is 14.3. The van der Waals surface area contributed by atoms with E-state index in [1.54, 1.807) is 12.3 Å². The number of fused-ring (bicyclic) bond motifs is 3. The van der Waals surface area contributed by atoms with E-state index in [4.69, 9.17) is 9.47 Å². The van der Waals surface area contributed by atoms with Crippen molar-refractivity contribution in [2.45, 2.75) is 6.10 Å². The lowest BCUT2D eigenvalue weighted by molar-refractivity contribution is -0.130. The van der Waals surface area contributed by atoms with E-state index in [-0.39, 0.29) is 12.5 Å². The molecule has 0 fully saturated rings. The second kappa shape index (κ2) is 7.28. The van der Waals surface area contributed by atoms with Crippen LogP contribution in [0.2, 0.25) is 0 Å². The van der Waals surface area contributed by atoms with Crippen LogP contribution in [-0.2, 0) is 4.79 Å². The van der Waals surface area contributed by atoms with Crippen molar-refractivity contribution in [3.63, 3.8) is 0 Å². The quantitative estimate of drug-likeness (QED) is 0.327. The van der Waals surface area contributed by atoms with Crippen LogP contribution in [0, 0.1) is 0 Å². The number of hydrazone groups is 1. The SMILES string of the molecule is O=C(N/N=C\c1c2ccccc2cc2ccccc12)[C@H]1COc2ccccc2O1. The van der Waals surface area contributed by atoms with Crippen molar-refractivity contribution in [1.82, 2.24) is 5.43 Å². The van der Waals surface area contributed by atoms with Crippen LogP contribution in [0.15, 0.2) is 84.0 Å². The lowest BCUT2D eigenvalue weighted by Crippen LogP contribution is -2.42. The highest BCUT2D eigenvalue weighted by molar-refractivity contribution is 6.13. The van der Waals surface area contributed by atoms with Crippen molar-refractivity contribution < 1.29 is 14.3 Å². The van der Waals surface area contributed by atoms with Gasteiger partial charge in [-0.25, -0.2) is 5.43 Å². The molecule has 4 aromatic carbocycles. The average Bonchev–Trinajstić information content (AvgIpc) is 2.78. The molecule has 29 heavy (non-hydrogen) atoms. The molecule has 5 heteroatoms. The van der Waals surface area contributed by atoms with Crippen molar-refractivity contribution in [3.05, 3.63) is 84.4 Å². The molecule has 0 saturated heterocycles. The maximum absolute atomic E-state index is 12.5. The van der Waals surface area contributed by atoms with Crippen molar-refractivity contribution in [2.75, 3.05) is 6.61 Å². The number of amides is 1. The highest BCUT2D eigenvalue weighted by Crippen LogP contribution is 2.31. The maximum Gasteiger partial charge on any atom is 0.284 e. The van der Waals surface area contributed by atoms with E-state index in [2.05, 4.69) is 40.9 Å². The van der Waals surface area contributed by atoms with E-state index in [1.807, 2.05) is 42.5 Å². The van der Waals surface area contributed by atoms with E-state index in [0.717, 1.165) is 27.1 Å². The molecule has 0 spiro atoms. The first-order valence-corrected chi connectivity index (χ1v) is 9.41. The Labute approximate surface area is 167 Å². The Bertz CT molecular complexity index is 1200. The first kappa shape index (κ1) is 17.3. The zero-order valence-corrected chi connectivity index (χ0v) is 15.5. The summed E-state index contributed by atoms with van der Waals surface area (Å²) in [5.74, 6) is 0.852. The molecule has 5 rings (SSSR count). The normalized spacial score (nSPS) is 15.7. The molecule has 0 bridgehead atoms. The minimum absolute atomic E-state index is 0.148. The third-order valence-electron chi connectivity index (χ3n) is 4.98. The highest BCUT2D eigenvalue weighted by atomic mass is 16.6. The molecule has 1 aliphatic rings. The molecule has 1 atom stereocenters. The summed E-state index contributed by atoms with van der Waals surface area (Å²) in [5.41, 5.74) is 3.55. The molecule has 0 aliphatic carbocycles. The fourth-order valence-electron chi connectivity index (χ4n) is 3.57. The number of hydrogen-bond acceptors (Lipinski definition) is 4. The van der Waals surface area contributed by atoms with Crippen LogP contribution in [0.1, 0.15) is 5.56 Å². The zero-order chi connectivity index (χ0) is 19.6. The van der Waals surface area contributed by atoms with Crippen LogP contribution in [0.3, 0.4) is 0 Å². The van der Waals surface area contributed by atoms with Crippen LogP contribution in [0.4, 0.5) is 0 Å². The number of hydrogen-bond donors (Lipinski definition) is 1. The van der Waals surface area contributed by atoms with Crippen molar-refractivity contribution in [3.8, 4) is 11.5 Å². The van der Waals surface area contributed by atoms with Crippen molar-refractivity contribution >= 4 is 33.7 Å². The summed E-state index contributed by atoms with van der Waals surface area (Å²) >= 11 is 0. The molecule has 0 radical (unpaired) electrons. The van der Waals surface area contributed by atoms with Gasteiger partial charge in [0.25, 0.3) is 5.91 Å². The van der Waals surface area contributed by atoms with Gasteiger partial charge in [-0.15, -0.1) is 0 Å². The number of ether oxygens (including phenoxy) is 2. The van der Waals surface area contributed by atoms with Crippen LogP contribution < -0.4 is 14.9 Å². The van der Waals surface area contributed by atoms with Gasteiger partial charge in [0.2, 0.25) is 6.10 Å². The standard InChI is InChI=1S/C24H18N2O3/c27-24(23-15-28-21-11-5-6-12-22(21)29-23)26-25-14-20-18-9-3-1-7-16(18)13-17-8-2-4-10-19(17)20/h1-14,23H,15H2,(H,26,27)/b25-14-/t23-/m1/s1. The molecule has 1 heterocycles. The van der Waals surface area contributed by atoms with Gasteiger partial charge < -0.3 is 9.47 Å². The largest absolute Gasteiger partial charge is 0.485 e. The number of nitrogens with zero attached hydrogens (tertiary/aromatic N) is 1. The lowest BCUT2D eigenvalue weighted by Gasteiger charge is -2.24. The Kier molecular flexibility index (Phi) is 4.33. The number of rotatable bonds is 3. The van der Waals surface area contributed by atoms with Gasteiger partial charge in [-0.1, -0.05) is 60.7 Å². The Morgan fingerprint density at radius 2 is 1.52 bits per heavy atom. The summed E-state index contributed by atoms with van der Waals surface area (Å²) in [6, 6.07) is 25.7. The van der Waals surface area contributed by atoms with Gasteiger partial charge in [-0.05, 0) is 39.7 Å². The van der Waals surface area contributed by atoms with Gasteiger partial charge in [0.1, 0.15) is 6.61 Å². The summed E-state index contributed by atoms with van der Waals surface area (Å²) in [5, 5.41) is 8.62. The summed E-state index contributed by atoms with van der Waals surface area (Å²) in [6.45, 7) is 0.148. The number of benzene rings is 4. The molecule has 1 aliphatic heterocycles. The fraction of sp³-hybridized carbons (Fsp3) is 0.0833. The van der Waals surface area contributed by atoms with Crippen LogP contribution in [0.25, 0.3) is 21.5 Å². The van der Waals surface area contributed by atoms with E-state index in [0.29, 0.717) is 11.5 Å². The molecule has 4 aromatic rings. The van der Waals surface area contributed by atoms with Gasteiger partial charge >= 0.3 is 0 Å². The van der Waals surface area contributed by atoms with Crippen LogP contribution in [0.5, 0.6) is 11.5 Å². The third kappa shape index (κ3) is 3.27. The van der Waals surface area contributed by atoms with Gasteiger partial charge in [0.05, 0.1) is 6.21 Å². The smallest absolute Gasteiger partial charge is 0.284 e. The third-order valence-corrected chi connectivity index (χ3v) is 4.98. The van der Waals surface area contributed by atoms with Crippen LogP contribution in [-0.4, -0.2) is 24.8 Å². The molecular formula is C24H18N2O3. The summed E-state index contributed by atoms with van der Waals surface area (Å²) in [4.78, 5) is 12.5. The van der Waals surface area contributed by atoms with Crippen molar-refractivity contribution in [2.24, 2.45) is 5.10 Å². The molecule has 0 unspecified atom stereocenters. The van der Waals surface area contributed by atoms with E-state index in [9.17, 15) is 4.79 Å². The topological polar surface area (TPSA) is 59.9 Å². The predicted molar refractivity (Wildman–Crippen MR) is 114 cm³/mol. The Balaban J connectivity index is 1.40. The van der Waals surface area contributed by atoms with Gasteiger partial charge in [0, 0.05) is 5.56 Å². The van der Waals surface area contributed by atoms with Crippen molar-refractivity contribution in [1.29, 1.82) is 0 Å². The lowest BCUT2D eigenvalue weighted by atomic mass is 9.97. The highest BCUT2D eigenvalue weighted by Gasteiger charge is 2.27. The minimum Gasteiger partial charge on any atom is -0.485 e. The second-order valence-electron chi connectivity index (χ2n) is 6.83. The molecule has 5 nitrogen and oxygen atoms in total. The molecule has 142 valence electrons. The molecule has 1 amide bonds. The van der Waals surface area contributed by atoms with Gasteiger partial charge in [-0.3, -0.25) is 4.79 Å². The number of carbonyl (C=O) groups excluding carboxylic acids is 1. The summed E-state index contributed by atoms with van der Waals surface area (Å²) in [6.07, 6.45) is 0.950. The summed E-state index contributed by atoms with van der Waals surface area (Å²) in [7, 11) is 0. The van der Waals surface area contributed by atoms with E-state index >= 15 is 0 Å². The monoisotopic (exact) mass is 382 g/mol. The average molecular weight is 382 g/mol. The van der Waals surface area contributed by atoms with E-state index in [1.165, 1.54) is 0 Å². The number of para-hydroxylation sites is 2. The van der Waals surface area contributed by atoms with Gasteiger partial charge in [0.15, 0.2) is 11.5 Å². The molecule has 1 N–H and O–H groups in total. The zero-order valence-electron chi connectivity index (χ0n) is 15.5. The van der Waals surface area contributed by atoms with E-state index < -0.39 is 6.10 Å². The fourth-order valence-corrected chi connectivity index (χ4v) is 3.57. The minimum atomic E-state index is -0.744. The Hall–Kier alpha value is -3.86. The molecule has 0 saturated carbocycles. The predicted octanol–water partition coefficient (Wildman–Crippen LogP) is 4.28. The Morgan fingerprint density at radius 1 is 0.897 bits per heavy atom. The number of nitrogens with one attached hydrogen (secondary N) is 1. The maximum atomic E-state index is 12.5.